The highest BCUT2D eigenvalue weighted by Crippen LogP contribution is 2.27. The lowest BCUT2D eigenvalue weighted by molar-refractivity contribution is 0.436. The first kappa shape index (κ1) is 11.5. The molecule has 0 saturated heterocycles. The maximum Gasteiger partial charge on any atom is 0.156 e. The summed E-state index contributed by atoms with van der Waals surface area (Å²) in [5.74, 6) is 1.13. The van der Waals surface area contributed by atoms with E-state index in [2.05, 4.69) is 29.3 Å². The molecule has 0 amide bonds. The van der Waals surface area contributed by atoms with E-state index in [4.69, 9.17) is 0 Å². The topological polar surface area (TPSA) is 42.2 Å². The summed E-state index contributed by atoms with van der Waals surface area (Å²) in [4.78, 5) is 4.55. The lowest BCUT2D eigenvalue weighted by atomic mass is 9.97. The van der Waals surface area contributed by atoms with Crippen LogP contribution in [0.15, 0.2) is 17.4 Å². The number of amidine groups is 1. The number of aromatic nitrogens is 2. The Labute approximate surface area is 101 Å². The third-order valence-electron chi connectivity index (χ3n) is 2.45. The SMILES string of the molecule is Cn1cc(CNC2=NCC(C)(C)CS2)cn1. The molecule has 2 heterocycles. The quantitative estimate of drug-likeness (QED) is 0.851. The highest BCUT2D eigenvalue weighted by Gasteiger charge is 2.23. The Hall–Kier alpha value is -0.970. The van der Waals surface area contributed by atoms with E-state index in [1.807, 2.05) is 35.9 Å². The van der Waals surface area contributed by atoms with Crippen LogP contribution in [-0.2, 0) is 13.6 Å². The summed E-state index contributed by atoms with van der Waals surface area (Å²) in [7, 11) is 1.93. The molecule has 88 valence electrons. The van der Waals surface area contributed by atoms with Gasteiger partial charge in [-0.05, 0) is 5.41 Å². The number of hydrogen-bond donors (Lipinski definition) is 1. The van der Waals surface area contributed by atoms with Crippen LogP contribution in [0.25, 0.3) is 0 Å². The molecule has 1 N–H and O–H groups in total. The van der Waals surface area contributed by atoms with Crippen molar-refractivity contribution in [3.8, 4) is 0 Å². The van der Waals surface area contributed by atoms with E-state index < -0.39 is 0 Å². The molecule has 16 heavy (non-hydrogen) atoms. The van der Waals surface area contributed by atoms with Crippen LogP contribution in [0.5, 0.6) is 0 Å². The molecular formula is C11H18N4S. The first-order chi connectivity index (χ1) is 7.55. The van der Waals surface area contributed by atoms with E-state index in [0.717, 1.165) is 24.0 Å². The number of aryl methyl sites for hydroxylation is 1. The van der Waals surface area contributed by atoms with Gasteiger partial charge >= 0.3 is 0 Å². The summed E-state index contributed by atoms with van der Waals surface area (Å²) in [6.45, 7) is 6.22. The lowest BCUT2D eigenvalue weighted by Gasteiger charge is -2.27. The standard InChI is InChI=1S/C11H18N4S/c1-11(2)7-13-10(16-8-11)12-4-9-5-14-15(3)6-9/h5-6H,4,7-8H2,1-3H3,(H,12,13). The van der Waals surface area contributed by atoms with Gasteiger partial charge in [0.15, 0.2) is 5.17 Å². The Morgan fingerprint density at radius 3 is 2.94 bits per heavy atom. The van der Waals surface area contributed by atoms with Gasteiger partial charge < -0.3 is 5.32 Å². The van der Waals surface area contributed by atoms with Crippen molar-refractivity contribution in [3.05, 3.63) is 18.0 Å². The monoisotopic (exact) mass is 238 g/mol. The predicted molar refractivity (Wildman–Crippen MR) is 68.6 cm³/mol. The maximum absolute atomic E-state index is 4.55. The first-order valence-electron chi connectivity index (χ1n) is 5.44. The molecule has 0 fully saturated rings. The van der Waals surface area contributed by atoms with Crippen LogP contribution in [0.1, 0.15) is 19.4 Å². The molecule has 1 aromatic heterocycles. The smallest absolute Gasteiger partial charge is 0.156 e. The molecule has 4 nitrogen and oxygen atoms in total. The molecule has 0 spiro atoms. The summed E-state index contributed by atoms with van der Waals surface area (Å²) in [5.41, 5.74) is 1.53. The van der Waals surface area contributed by atoms with Crippen LogP contribution in [-0.4, -0.2) is 27.2 Å². The molecule has 0 bridgehead atoms. The fourth-order valence-corrected chi connectivity index (χ4v) is 2.44. The summed E-state index contributed by atoms with van der Waals surface area (Å²) >= 11 is 1.81. The van der Waals surface area contributed by atoms with E-state index in [9.17, 15) is 0 Å². The molecule has 0 unspecified atom stereocenters. The Kier molecular flexibility index (Phi) is 3.23. The van der Waals surface area contributed by atoms with Crippen molar-refractivity contribution in [1.82, 2.24) is 15.1 Å². The van der Waals surface area contributed by atoms with Gasteiger partial charge in [0.25, 0.3) is 0 Å². The average molecular weight is 238 g/mol. The van der Waals surface area contributed by atoms with Gasteiger partial charge in [0.2, 0.25) is 0 Å². The van der Waals surface area contributed by atoms with Gasteiger partial charge in [0, 0.05) is 37.7 Å². The third-order valence-corrected chi connectivity index (χ3v) is 3.93. The van der Waals surface area contributed by atoms with Crippen LogP contribution >= 0.6 is 11.8 Å². The fourth-order valence-electron chi connectivity index (χ4n) is 1.49. The van der Waals surface area contributed by atoms with E-state index in [1.54, 1.807) is 0 Å². The summed E-state index contributed by atoms with van der Waals surface area (Å²) in [6, 6.07) is 0. The molecule has 0 atom stereocenters. The highest BCUT2D eigenvalue weighted by atomic mass is 32.2. The van der Waals surface area contributed by atoms with Gasteiger partial charge in [-0.15, -0.1) is 0 Å². The van der Waals surface area contributed by atoms with Crippen molar-refractivity contribution >= 4 is 16.9 Å². The molecule has 0 aromatic carbocycles. The number of thioether (sulfide) groups is 1. The van der Waals surface area contributed by atoms with Crippen LogP contribution in [0.4, 0.5) is 0 Å². The van der Waals surface area contributed by atoms with Crippen molar-refractivity contribution in [2.24, 2.45) is 17.5 Å². The van der Waals surface area contributed by atoms with Gasteiger partial charge in [-0.25, -0.2) is 0 Å². The molecule has 0 radical (unpaired) electrons. The van der Waals surface area contributed by atoms with E-state index in [-0.39, 0.29) is 0 Å². The van der Waals surface area contributed by atoms with Crippen molar-refractivity contribution in [3.63, 3.8) is 0 Å². The predicted octanol–water partition coefficient (Wildman–Crippen LogP) is 1.64. The molecule has 1 aliphatic rings. The highest BCUT2D eigenvalue weighted by molar-refractivity contribution is 8.13. The fraction of sp³-hybridized carbons (Fsp3) is 0.636. The van der Waals surface area contributed by atoms with Crippen LogP contribution < -0.4 is 5.32 Å². The van der Waals surface area contributed by atoms with Crippen LogP contribution in [0.2, 0.25) is 0 Å². The largest absolute Gasteiger partial charge is 0.361 e. The molecule has 1 aliphatic heterocycles. The molecule has 5 heteroatoms. The van der Waals surface area contributed by atoms with Gasteiger partial charge in [-0.1, -0.05) is 25.6 Å². The second-order valence-corrected chi connectivity index (χ2v) is 5.91. The molecule has 1 aromatic rings. The molecule has 2 rings (SSSR count). The Balaban J connectivity index is 1.85. The number of rotatable bonds is 2. The minimum atomic E-state index is 0.337. The first-order valence-corrected chi connectivity index (χ1v) is 6.42. The Bertz CT molecular complexity index is 394. The number of nitrogens with zero attached hydrogens (tertiary/aromatic N) is 3. The summed E-state index contributed by atoms with van der Waals surface area (Å²) in [5, 5.41) is 8.54. The van der Waals surface area contributed by atoms with E-state index >= 15 is 0 Å². The minimum Gasteiger partial charge on any atom is -0.361 e. The van der Waals surface area contributed by atoms with E-state index in [0.29, 0.717) is 5.41 Å². The van der Waals surface area contributed by atoms with Crippen molar-refractivity contribution in [2.75, 3.05) is 12.3 Å². The van der Waals surface area contributed by atoms with Crippen LogP contribution in [0, 0.1) is 5.41 Å². The molecule has 0 saturated carbocycles. The number of nitrogens with one attached hydrogen (secondary N) is 1. The van der Waals surface area contributed by atoms with Gasteiger partial charge in [-0.2, -0.15) is 5.10 Å². The normalized spacial score (nSPS) is 19.3. The molecular weight excluding hydrogens is 220 g/mol. The Morgan fingerprint density at radius 2 is 2.38 bits per heavy atom. The zero-order valence-electron chi connectivity index (χ0n) is 10.0. The zero-order chi connectivity index (χ0) is 11.6. The van der Waals surface area contributed by atoms with Gasteiger partial charge in [0.1, 0.15) is 0 Å². The Morgan fingerprint density at radius 1 is 1.56 bits per heavy atom. The average Bonchev–Trinajstić information content (AvgIpc) is 2.63. The summed E-state index contributed by atoms with van der Waals surface area (Å²) < 4.78 is 1.82. The van der Waals surface area contributed by atoms with Crippen molar-refractivity contribution in [1.29, 1.82) is 0 Å². The van der Waals surface area contributed by atoms with Crippen LogP contribution in [0.3, 0.4) is 0 Å². The van der Waals surface area contributed by atoms with Gasteiger partial charge in [0.05, 0.1) is 6.20 Å². The van der Waals surface area contributed by atoms with Crippen molar-refractivity contribution < 1.29 is 0 Å². The number of hydrogen-bond acceptors (Lipinski definition) is 4. The second kappa shape index (κ2) is 4.49. The van der Waals surface area contributed by atoms with Crippen molar-refractivity contribution in [2.45, 2.75) is 20.4 Å². The lowest BCUT2D eigenvalue weighted by Crippen LogP contribution is -2.30. The third kappa shape index (κ3) is 3.01. The summed E-state index contributed by atoms with van der Waals surface area (Å²) in [6.07, 6.45) is 3.90. The minimum absolute atomic E-state index is 0.337. The second-order valence-electron chi connectivity index (χ2n) is 4.95. The molecule has 0 aliphatic carbocycles. The van der Waals surface area contributed by atoms with E-state index in [1.165, 1.54) is 5.56 Å². The van der Waals surface area contributed by atoms with Gasteiger partial charge in [-0.3, -0.25) is 9.67 Å². The maximum atomic E-state index is 4.55. The number of aliphatic imine (C=N–C) groups is 1. The zero-order valence-corrected chi connectivity index (χ0v) is 10.8.